The summed E-state index contributed by atoms with van der Waals surface area (Å²) in [5.41, 5.74) is 3.13. The molecule has 1 heterocycles. The number of benzene rings is 2. The standard InChI is InChI=1S/C24H30N2O4/c1-3-30-22-15-18(11-12-20(22)24(28)29)16-23(27)25-17(2)19-9-5-6-10-21(19)26-13-7-4-8-14-26/h5-6,9-12,15,17H,3-4,7-8,13-14,16H2,1-2H3,(H,25,27)(H,28,29). The van der Waals surface area contributed by atoms with Gasteiger partial charge in [0.2, 0.25) is 5.91 Å². The lowest BCUT2D eigenvalue weighted by molar-refractivity contribution is -0.121. The summed E-state index contributed by atoms with van der Waals surface area (Å²) in [6.07, 6.45) is 3.83. The van der Waals surface area contributed by atoms with E-state index in [4.69, 9.17) is 4.74 Å². The summed E-state index contributed by atoms with van der Waals surface area (Å²) >= 11 is 0. The van der Waals surface area contributed by atoms with Crippen LogP contribution >= 0.6 is 0 Å². The van der Waals surface area contributed by atoms with Crippen LogP contribution in [0, 0.1) is 0 Å². The van der Waals surface area contributed by atoms with E-state index in [-0.39, 0.29) is 23.9 Å². The second-order valence-corrected chi connectivity index (χ2v) is 7.64. The second-order valence-electron chi connectivity index (χ2n) is 7.64. The van der Waals surface area contributed by atoms with E-state index in [1.807, 2.05) is 19.1 Å². The Morgan fingerprint density at radius 2 is 1.87 bits per heavy atom. The van der Waals surface area contributed by atoms with Crippen molar-refractivity contribution in [1.82, 2.24) is 5.32 Å². The summed E-state index contributed by atoms with van der Waals surface area (Å²) in [5.74, 6) is -0.863. The van der Waals surface area contributed by atoms with E-state index >= 15 is 0 Å². The normalized spacial score (nSPS) is 14.8. The van der Waals surface area contributed by atoms with E-state index in [1.165, 1.54) is 31.0 Å². The molecule has 0 aliphatic carbocycles. The lowest BCUT2D eigenvalue weighted by Crippen LogP contribution is -2.33. The molecule has 1 fully saturated rings. The molecule has 2 N–H and O–H groups in total. The van der Waals surface area contributed by atoms with Crippen molar-refractivity contribution in [2.24, 2.45) is 0 Å². The maximum atomic E-state index is 12.7. The summed E-state index contributed by atoms with van der Waals surface area (Å²) in [6.45, 7) is 6.26. The Hall–Kier alpha value is -3.02. The first-order chi connectivity index (χ1) is 14.5. The number of carboxylic acids is 1. The Labute approximate surface area is 177 Å². The largest absolute Gasteiger partial charge is 0.493 e. The Bertz CT molecular complexity index is 891. The first-order valence-corrected chi connectivity index (χ1v) is 10.6. The Morgan fingerprint density at radius 1 is 1.13 bits per heavy atom. The summed E-state index contributed by atoms with van der Waals surface area (Å²) in [4.78, 5) is 26.4. The number of rotatable bonds is 8. The fourth-order valence-corrected chi connectivity index (χ4v) is 3.96. The van der Waals surface area contributed by atoms with Crippen molar-refractivity contribution >= 4 is 17.6 Å². The second kappa shape index (κ2) is 10.1. The van der Waals surface area contributed by atoms with Crippen LogP contribution in [0.2, 0.25) is 0 Å². The van der Waals surface area contributed by atoms with E-state index in [2.05, 4.69) is 22.3 Å². The van der Waals surface area contributed by atoms with Gasteiger partial charge in [0.25, 0.3) is 0 Å². The first kappa shape index (κ1) is 21.7. The third-order valence-corrected chi connectivity index (χ3v) is 5.42. The lowest BCUT2D eigenvalue weighted by atomic mass is 10.0. The smallest absolute Gasteiger partial charge is 0.339 e. The van der Waals surface area contributed by atoms with Gasteiger partial charge in [-0.25, -0.2) is 4.79 Å². The van der Waals surface area contributed by atoms with Gasteiger partial charge < -0.3 is 20.1 Å². The number of piperidine rings is 1. The van der Waals surface area contributed by atoms with Gasteiger partial charge in [-0.2, -0.15) is 0 Å². The van der Waals surface area contributed by atoms with Crippen LogP contribution in [-0.2, 0) is 11.2 Å². The molecular weight excluding hydrogens is 380 g/mol. The molecule has 1 aliphatic rings. The van der Waals surface area contributed by atoms with Crippen LogP contribution in [0.4, 0.5) is 5.69 Å². The molecule has 30 heavy (non-hydrogen) atoms. The number of carbonyl (C=O) groups excluding carboxylic acids is 1. The van der Waals surface area contributed by atoms with Gasteiger partial charge in [-0.15, -0.1) is 0 Å². The van der Waals surface area contributed by atoms with Crippen LogP contribution in [0.25, 0.3) is 0 Å². The van der Waals surface area contributed by atoms with Crippen molar-refractivity contribution in [3.05, 3.63) is 59.2 Å². The highest BCUT2D eigenvalue weighted by molar-refractivity contribution is 5.91. The number of nitrogens with zero attached hydrogens (tertiary/aromatic N) is 1. The van der Waals surface area contributed by atoms with Crippen LogP contribution in [0.3, 0.4) is 0 Å². The number of amides is 1. The molecule has 160 valence electrons. The summed E-state index contributed by atoms with van der Waals surface area (Å²) < 4.78 is 5.44. The van der Waals surface area contributed by atoms with Gasteiger partial charge in [-0.3, -0.25) is 4.79 Å². The van der Waals surface area contributed by atoms with Gasteiger partial charge in [0.1, 0.15) is 11.3 Å². The number of anilines is 1. The molecule has 0 saturated carbocycles. The number of hydrogen-bond acceptors (Lipinski definition) is 4. The molecule has 0 spiro atoms. The maximum Gasteiger partial charge on any atom is 0.339 e. The van der Waals surface area contributed by atoms with Crippen molar-refractivity contribution in [2.75, 3.05) is 24.6 Å². The molecule has 1 atom stereocenters. The van der Waals surface area contributed by atoms with E-state index in [0.29, 0.717) is 12.4 Å². The summed E-state index contributed by atoms with van der Waals surface area (Å²) in [7, 11) is 0. The zero-order valence-corrected chi connectivity index (χ0v) is 17.7. The van der Waals surface area contributed by atoms with Crippen LogP contribution in [0.1, 0.15) is 60.6 Å². The Kier molecular flexibility index (Phi) is 7.33. The van der Waals surface area contributed by atoms with E-state index in [9.17, 15) is 14.7 Å². The topological polar surface area (TPSA) is 78.9 Å². The molecule has 1 amide bonds. The molecule has 1 saturated heterocycles. The van der Waals surface area contributed by atoms with Gasteiger partial charge >= 0.3 is 5.97 Å². The van der Waals surface area contributed by atoms with E-state index in [1.54, 1.807) is 19.1 Å². The number of ether oxygens (including phenoxy) is 1. The molecule has 6 heteroatoms. The highest BCUT2D eigenvalue weighted by atomic mass is 16.5. The van der Waals surface area contributed by atoms with Crippen LogP contribution in [0.15, 0.2) is 42.5 Å². The zero-order valence-electron chi connectivity index (χ0n) is 17.7. The number of carboxylic acid groups (broad SMARTS) is 1. The van der Waals surface area contributed by atoms with Crippen molar-refractivity contribution < 1.29 is 19.4 Å². The maximum absolute atomic E-state index is 12.7. The third kappa shape index (κ3) is 5.32. The summed E-state index contributed by atoms with van der Waals surface area (Å²) in [6, 6.07) is 12.9. The minimum absolute atomic E-state index is 0.102. The molecule has 6 nitrogen and oxygen atoms in total. The minimum Gasteiger partial charge on any atom is -0.493 e. The minimum atomic E-state index is -1.04. The first-order valence-electron chi connectivity index (χ1n) is 10.6. The van der Waals surface area contributed by atoms with Gasteiger partial charge in [-0.1, -0.05) is 24.3 Å². The number of aromatic carboxylic acids is 1. The SMILES string of the molecule is CCOc1cc(CC(=O)NC(C)c2ccccc2N2CCCCC2)ccc1C(=O)O. The molecule has 1 aliphatic heterocycles. The lowest BCUT2D eigenvalue weighted by Gasteiger charge is -2.32. The molecular formula is C24H30N2O4. The number of carbonyl (C=O) groups is 2. The monoisotopic (exact) mass is 410 g/mol. The highest BCUT2D eigenvalue weighted by Crippen LogP contribution is 2.29. The quantitative estimate of drug-likeness (QED) is 0.682. The average Bonchev–Trinajstić information content (AvgIpc) is 2.74. The molecule has 1 unspecified atom stereocenters. The van der Waals surface area contributed by atoms with Gasteiger partial charge in [-0.05, 0) is 62.4 Å². The number of hydrogen-bond donors (Lipinski definition) is 2. The predicted molar refractivity (Wildman–Crippen MR) is 117 cm³/mol. The molecule has 2 aromatic carbocycles. The fourth-order valence-electron chi connectivity index (χ4n) is 3.96. The molecule has 2 aromatic rings. The van der Waals surface area contributed by atoms with E-state index in [0.717, 1.165) is 24.2 Å². The predicted octanol–water partition coefficient (Wildman–Crippen LogP) is 4.19. The van der Waals surface area contributed by atoms with Crippen molar-refractivity contribution in [3.8, 4) is 5.75 Å². The Balaban J connectivity index is 1.69. The van der Waals surface area contributed by atoms with E-state index < -0.39 is 5.97 Å². The molecule has 0 aromatic heterocycles. The van der Waals surface area contributed by atoms with Gasteiger partial charge in [0.05, 0.1) is 19.1 Å². The van der Waals surface area contributed by atoms with Crippen LogP contribution in [0.5, 0.6) is 5.75 Å². The number of nitrogens with one attached hydrogen (secondary N) is 1. The zero-order chi connectivity index (χ0) is 21.5. The van der Waals surface area contributed by atoms with Crippen LogP contribution < -0.4 is 15.0 Å². The number of para-hydroxylation sites is 1. The summed E-state index contributed by atoms with van der Waals surface area (Å²) in [5, 5.41) is 12.4. The van der Waals surface area contributed by atoms with Crippen molar-refractivity contribution in [1.29, 1.82) is 0 Å². The van der Waals surface area contributed by atoms with Crippen LogP contribution in [-0.4, -0.2) is 36.7 Å². The van der Waals surface area contributed by atoms with Gasteiger partial charge in [0, 0.05) is 18.8 Å². The molecule has 3 rings (SSSR count). The fraction of sp³-hybridized carbons (Fsp3) is 0.417. The third-order valence-electron chi connectivity index (χ3n) is 5.42. The van der Waals surface area contributed by atoms with Crippen molar-refractivity contribution in [3.63, 3.8) is 0 Å². The molecule has 0 bridgehead atoms. The molecule has 0 radical (unpaired) electrons. The Morgan fingerprint density at radius 3 is 2.57 bits per heavy atom. The average molecular weight is 411 g/mol. The van der Waals surface area contributed by atoms with Gasteiger partial charge in [0.15, 0.2) is 0 Å². The highest BCUT2D eigenvalue weighted by Gasteiger charge is 2.19. The van der Waals surface area contributed by atoms with Crippen molar-refractivity contribution in [2.45, 2.75) is 45.6 Å².